The third-order valence-corrected chi connectivity index (χ3v) is 4.96. The van der Waals surface area contributed by atoms with Gasteiger partial charge in [0, 0.05) is 18.2 Å². The molecule has 4 aromatic rings. The molecule has 32 heavy (non-hydrogen) atoms. The van der Waals surface area contributed by atoms with Crippen molar-refractivity contribution in [2.24, 2.45) is 0 Å². The molecular formula is C28H25NO3. The molecule has 0 aromatic heterocycles. The van der Waals surface area contributed by atoms with E-state index in [1.165, 1.54) is 5.56 Å². The van der Waals surface area contributed by atoms with Gasteiger partial charge in [-0.1, -0.05) is 78.9 Å². The van der Waals surface area contributed by atoms with Gasteiger partial charge in [0.15, 0.2) is 0 Å². The van der Waals surface area contributed by atoms with Gasteiger partial charge in [0.2, 0.25) is 0 Å². The lowest BCUT2D eigenvalue weighted by Gasteiger charge is -2.13. The molecule has 0 heterocycles. The van der Waals surface area contributed by atoms with Crippen molar-refractivity contribution in [1.29, 1.82) is 0 Å². The third-order valence-electron chi connectivity index (χ3n) is 4.96. The summed E-state index contributed by atoms with van der Waals surface area (Å²) in [6, 6.07) is 34.8. The van der Waals surface area contributed by atoms with Gasteiger partial charge in [-0.25, -0.2) is 0 Å². The number of amides is 1. The SMILES string of the molecule is O=C(Nc1cccc(OCc2ccccc2)c1)c1ccccc1OCCc1ccccc1. The minimum Gasteiger partial charge on any atom is -0.492 e. The number of anilines is 1. The standard InChI is InChI=1S/C28H25NO3/c30-28(26-16-7-8-17-27(26)31-19-18-22-10-3-1-4-11-22)29-24-14-9-15-25(20-24)32-21-23-12-5-2-6-13-23/h1-17,20H,18-19,21H2,(H,29,30). The smallest absolute Gasteiger partial charge is 0.259 e. The van der Waals surface area contributed by atoms with Crippen LogP contribution in [0, 0.1) is 0 Å². The van der Waals surface area contributed by atoms with E-state index >= 15 is 0 Å². The van der Waals surface area contributed by atoms with Crippen molar-refractivity contribution in [2.45, 2.75) is 13.0 Å². The van der Waals surface area contributed by atoms with Gasteiger partial charge >= 0.3 is 0 Å². The normalized spacial score (nSPS) is 10.4. The Labute approximate surface area is 188 Å². The number of nitrogens with one attached hydrogen (secondary N) is 1. The molecule has 0 aliphatic carbocycles. The second-order valence-corrected chi connectivity index (χ2v) is 7.34. The minimum absolute atomic E-state index is 0.222. The van der Waals surface area contributed by atoms with E-state index in [9.17, 15) is 4.79 Å². The Kier molecular flexibility index (Phi) is 7.17. The zero-order valence-electron chi connectivity index (χ0n) is 17.7. The summed E-state index contributed by atoms with van der Waals surface area (Å²) in [6.07, 6.45) is 0.775. The fourth-order valence-corrected chi connectivity index (χ4v) is 3.31. The highest BCUT2D eigenvalue weighted by atomic mass is 16.5. The van der Waals surface area contributed by atoms with Crippen molar-refractivity contribution >= 4 is 11.6 Å². The van der Waals surface area contributed by atoms with E-state index in [0.29, 0.717) is 36.0 Å². The predicted molar refractivity (Wildman–Crippen MR) is 127 cm³/mol. The molecule has 160 valence electrons. The topological polar surface area (TPSA) is 47.6 Å². The van der Waals surface area contributed by atoms with Crippen molar-refractivity contribution in [3.63, 3.8) is 0 Å². The maximum Gasteiger partial charge on any atom is 0.259 e. The van der Waals surface area contributed by atoms with E-state index in [4.69, 9.17) is 9.47 Å². The highest BCUT2D eigenvalue weighted by molar-refractivity contribution is 6.06. The number of para-hydroxylation sites is 1. The molecule has 4 nitrogen and oxygen atoms in total. The first-order chi connectivity index (χ1) is 15.8. The van der Waals surface area contributed by atoms with E-state index in [2.05, 4.69) is 17.4 Å². The zero-order chi connectivity index (χ0) is 22.0. The fourth-order valence-electron chi connectivity index (χ4n) is 3.31. The molecule has 0 fully saturated rings. The average molecular weight is 424 g/mol. The molecule has 0 aliphatic rings. The second-order valence-electron chi connectivity index (χ2n) is 7.34. The lowest BCUT2D eigenvalue weighted by atomic mass is 10.1. The third kappa shape index (κ3) is 5.99. The van der Waals surface area contributed by atoms with Crippen LogP contribution < -0.4 is 14.8 Å². The van der Waals surface area contributed by atoms with Gasteiger partial charge in [-0.15, -0.1) is 0 Å². The van der Waals surface area contributed by atoms with Crippen LogP contribution in [-0.2, 0) is 13.0 Å². The molecule has 0 radical (unpaired) electrons. The van der Waals surface area contributed by atoms with Crippen LogP contribution in [0.2, 0.25) is 0 Å². The summed E-state index contributed by atoms with van der Waals surface area (Å²) < 4.78 is 11.8. The molecule has 0 unspecified atom stereocenters. The molecule has 0 spiro atoms. The number of carbonyl (C=O) groups excluding carboxylic acids is 1. The van der Waals surface area contributed by atoms with Crippen molar-refractivity contribution in [2.75, 3.05) is 11.9 Å². The average Bonchev–Trinajstić information content (AvgIpc) is 2.85. The Bertz CT molecular complexity index is 1140. The summed E-state index contributed by atoms with van der Waals surface area (Å²) in [5.74, 6) is 1.04. The molecular weight excluding hydrogens is 398 g/mol. The number of hydrogen-bond donors (Lipinski definition) is 1. The number of ether oxygens (including phenoxy) is 2. The van der Waals surface area contributed by atoms with Gasteiger partial charge in [0.25, 0.3) is 5.91 Å². The zero-order valence-corrected chi connectivity index (χ0v) is 17.7. The molecule has 1 amide bonds. The Morgan fingerprint density at radius 1 is 0.688 bits per heavy atom. The summed E-state index contributed by atoms with van der Waals surface area (Å²) >= 11 is 0. The van der Waals surface area contributed by atoms with Crippen LogP contribution in [0.15, 0.2) is 109 Å². The first-order valence-corrected chi connectivity index (χ1v) is 10.6. The Balaban J connectivity index is 1.37. The van der Waals surface area contributed by atoms with Gasteiger partial charge in [-0.3, -0.25) is 4.79 Å². The minimum atomic E-state index is -0.222. The molecule has 0 saturated heterocycles. The molecule has 4 aromatic carbocycles. The van der Waals surface area contributed by atoms with Crippen LogP contribution in [0.5, 0.6) is 11.5 Å². The van der Waals surface area contributed by atoms with Crippen LogP contribution in [0.25, 0.3) is 0 Å². The maximum absolute atomic E-state index is 12.9. The van der Waals surface area contributed by atoms with E-state index in [1.54, 1.807) is 6.07 Å². The van der Waals surface area contributed by atoms with E-state index < -0.39 is 0 Å². The maximum atomic E-state index is 12.9. The number of benzene rings is 4. The molecule has 0 atom stereocenters. The Morgan fingerprint density at radius 2 is 1.38 bits per heavy atom. The van der Waals surface area contributed by atoms with Gasteiger partial charge in [-0.2, -0.15) is 0 Å². The quantitative estimate of drug-likeness (QED) is 0.352. The molecule has 0 saturated carbocycles. The molecule has 4 heteroatoms. The van der Waals surface area contributed by atoms with Gasteiger partial charge in [0.05, 0.1) is 12.2 Å². The van der Waals surface area contributed by atoms with Gasteiger partial charge < -0.3 is 14.8 Å². The van der Waals surface area contributed by atoms with Crippen LogP contribution in [0.4, 0.5) is 5.69 Å². The van der Waals surface area contributed by atoms with E-state index in [1.807, 2.05) is 91.0 Å². The number of rotatable bonds is 9. The number of hydrogen-bond acceptors (Lipinski definition) is 3. The summed E-state index contributed by atoms with van der Waals surface area (Å²) in [6.45, 7) is 0.966. The summed E-state index contributed by atoms with van der Waals surface area (Å²) in [4.78, 5) is 12.9. The Hall–Kier alpha value is -4.05. The van der Waals surface area contributed by atoms with Crippen molar-refractivity contribution < 1.29 is 14.3 Å². The van der Waals surface area contributed by atoms with Crippen molar-refractivity contribution in [1.82, 2.24) is 0 Å². The van der Waals surface area contributed by atoms with Crippen molar-refractivity contribution in [3.05, 3.63) is 126 Å². The highest BCUT2D eigenvalue weighted by Crippen LogP contribution is 2.23. The van der Waals surface area contributed by atoms with Crippen LogP contribution in [0.3, 0.4) is 0 Å². The fraction of sp³-hybridized carbons (Fsp3) is 0.107. The predicted octanol–water partition coefficient (Wildman–Crippen LogP) is 6.14. The summed E-state index contributed by atoms with van der Waals surface area (Å²) in [7, 11) is 0. The lowest BCUT2D eigenvalue weighted by molar-refractivity contribution is 0.102. The van der Waals surface area contributed by atoms with Crippen LogP contribution >= 0.6 is 0 Å². The molecule has 1 N–H and O–H groups in total. The Morgan fingerprint density at radius 3 is 2.16 bits per heavy atom. The molecule has 0 aliphatic heterocycles. The first kappa shape index (κ1) is 21.2. The van der Waals surface area contributed by atoms with Crippen LogP contribution in [-0.4, -0.2) is 12.5 Å². The molecule has 0 bridgehead atoms. The van der Waals surface area contributed by atoms with Gasteiger partial charge in [-0.05, 0) is 35.4 Å². The second kappa shape index (κ2) is 10.8. The largest absolute Gasteiger partial charge is 0.492 e. The highest BCUT2D eigenvalue weighted by Gasteiger charge is 2.13. The summed E-state index contributed by atoms with van der Waals surface area (Å²) in [5, 5.41) is 2.95. The molecule has 4 rings (SSSR count). The van der Waals surface area contributed by atoms with E-state index in [-0.39, 0.29) is 5.91 Å². The van der Waals surface area contributed by atoms with E-state index in [0.717, 1.165) is 12.0 Å². The number of carbonyl (C=O) groups is 1. The summed E-state index contributed by atoms with van der Waals surface area (Å²) in [5.41, 5.74) is 3.45. The van der Waals surface area contributed by atoms with Crippen LogP contribution in [0.1, 0.15) is 21.5 Å². The monoisotopic (exact) mass is 423 g/mol. The van der Waals surface area contributed by atoms with Gasteiger partial charge in [0.1, 0.15) is 18.1 Å². The van der Waals surface area contributed by atoms with Crippen molar-refractivity contribution in [3.8, 4) is 11.5 Å². The lowest BCUT2D eigenvalue weighted by Crippen LogP contribution is -2.14. The first-order valence-electron chi connectivity index (χ1n) is 10.6.